The molecule has 0 bridgehead atoms. The summed E-state index contributed by atoms with van der Waals surface area (Å²) in [5.74, 6) is 0.560. The van der Waals surface area contributed by atoms with Crippen LogP contribution in [0.1, 0.15) is 39.5 Å². The fraction of sp³-hybridized carbons (Fsp3) is 0.889. The minimum atomic E-state index is -0.559. The largest absolute Gasteiger partial charge is 0.300 e. The number of hydrogen-bond donors (Lipinski definition) is 0. The Morgan fingerprint density at radius 3 is 2.27 bits per heavy atom. The maximum Gasteiger partial charge on any atom is 0.127 e. The van der Waals surface area contributed by atoms with E-state index in [2.05, 4.69) is 0 Å². The predicted molar refractivity (Wildman–Crippen MR) is 46.8 cm³/mol. The first-order valence-corrected chi connectivity index (χ1v) is 4.35. The SMILES string of the molecule is [B]C(C)(C(C)=O)C1CCCC1. The second-order valence-corrected chi connectivity index (χ2v) is 3.82. The number of carbonyl (C=O) groups is 1. The Bertz CT molecular complexity index is 157. The van der Waals surface area contributed by atoms with Gasteiger partial charge in [-0.3, -0.25) is 0 Å². The van der Waals surface area contributed by atoms with Crippen molar-refractivity contribution in [2.24, 2.45) is 5.92 Å². The van der Waals surface area contributed by atoms with Crippen LogP contribution in [0.2, 0.25) is 5.31 Å². The number of hydrogen-bond acceptors (Lipinski definition) is 1. The number of Topliss-reactive ketones (excluding diaryl/α,β-unsaturated/α-hetero) is 1. The van der Waals surface area contributed by atoms with Crippen LogP contribution in [0.3, 0.4) is 0 Å². The van der Waals surface area contributed by atoms with Gasteiger partial charge in [0, 0.05) is 0 Å². The van der Waals surface area contributed by atoms with Crippen LogP contribution in [0.15, 0.2) is 0 Å². The van der Waals surface area contributed by atoms with Crippen molar-refractivity contribution in [1.82, 2.24) is 0 Å². The van der Waals surface area contributed by atoms with Crippen molar-refractivity contribution in [2.75, 3.05) is 0 Å². The molecular weight excluding hydrogens is 135 g/mol. The summed E-state index contributed by atoms with van der Waals surface area (Å²) in [5.41, 5.74) is 0. The van der Waals surface area contributed by atoms with Crippen molar-refractivity contribution >= 4 is 13.6 Å². The highest BCUT2D eigenvalue weighted by Gasteiger charge is 2.34. The maximum atomic E-state index is 11.1. The molecule has 0 saturated heterocycles. The van der Waals surface area contributed by atoms with Gasteiger partial charge in [-0.05, 0) is 18.2 Å². The topological polar surface area (TPSA) is 17.1 Å². The normalized spacial score (nSPS) is 24.9. The fourth-order valence-electron chi connectivity index (χ4n) is 1.81. The molecule has 2 heteroatoms. The second kappa shape index (κ2) is 3.00. The molecule has 0 aromatic rings. The van der Waals surface area contributed by atoms with E-state index in [-0.39, 0.29) is 5.78 Å². The quantitative estimate of drug-likeness (QED) is 0.551. The van der Waals surface area contributed by atoms with Crippen molar-refractivity contribution in [3.05, 3.63) is 0 Å². The number of rotatable bonds is 2. The Morgan fingerprint density at radius 2 is 1.91 bits per heavy atom. The molecule has 60 valence electrons. The summed E-state index contributed by atoms with van der Waals surface area (Å²) in [4.78, 5) is 11.1. The lowest BCUT2D eigenvalue weighted by Gasteiger charge is -2.28. The van der Waals surface area contributed by atoms with Gasteiger partial charge in [0.25, 0.3) is 0 Å². The molecule has 0 amide bonds. The van der Waals surface area contributed by atoms with Crippen LogP contribution in [0, 0.1) is 5.92 Å². The molecule has 0 aliphatic heterocycles. The smallest absolute Gasteiger partial charge is 0.127 e. The monoisotopic (exact) mass is 150 g/mol. The number of ketones is 1. The van der Waals surface area contributed by atoms with Crippen molar-refractivity contribution in [3.8, 4) is 0 Å². The van der Waals surface area contributed by atoms with E-state index >= 15 is 0 Å². The van der Waals surface area contributed by atoms with Gasteiger partial charge in [0.15, 0.2) is 0 Å². The zero-order chi connectivity index (χ0) is 8.48. The van der Waals surface area contributed by atoms with Crippen molar-refractivity contribution in [1.29, 1.82) is 0 Å². The molecule has 0 aromatic carbocycles. The molecule has 2 radical (unpaired) electrons. The first-order chi connectivity index (χ1) is 5.05. The minimum absolute atomic E-state index is 0.129. The summed E-state index contributed by atoms with van der Waals surface area (Å²) in [6, 6.07) is 0. The fourth-order valence-corrected chi connectivity index (χ4v) is 1.81. The van der Waals surface area contributed by atoms with E-state index in [4.69, 9.17) is 7.85 Å². The third-order valence-electron chi connectivity index (χ3n) is 2.96. The third-order valence-corrected chi connectivity index (χ3v) is 2.96. The van der Waals surface area contributed by atoms with Gasteiger partial charge in [0.2, 0.25) is 0 Å². The summed E-state index contributed by atoms with van der Waals surface area (Å²) in [5, 5.41) is -0.559. The van der Waals surface area contributed by atoms with Gasteiger partial charge >= 0.3 is 0 Å². The van der Waals surface area contributed by atoms with Crippen LogP contribution >= 0.6 is 0 Å². The standard InChI is InChI=1S/C9H15BO/c1-7(11)9(2,10)8-5-3-4-6-8/h8H,3-6H2,1-2H3. The second-order valence-electron chi connectivity index (χ2n) is 3.82. The Balaban J connectivity index is 2.62. The lowest BCUT2D eigenvalue weighted by molar-refractivity contribution is -0.120. The van der Waals surface area contributed by atoms with E-state index in [0.29, 0.717) is 5.92 Å². The summed E-state index contributed by atoms with van der Waals surface area (Å²) in [7, 11) is 5.92. The zero-order valence-corrected chi connectivity index (χ0v) is 7.39. The molecule has 1 saturated carbocycles. The van der Waals surface area contributed by atoms with Gasteiger partial charge in [0.1, 0.15) is 5.78 Å². The van der Waals surface area contributed by atoms with Crippen LogP contribution in [-0.4, -0.2) is 13.6 Å². The predicted octanol–water partition coefficient (Wildman–Crippen LogP) is 2.11. The van der Waals surface area contributed by atoms with Crippen LogP contribution in [0.25, 0.3) is 0 Å². The van der Waals surface area contributed by atoms with E-state index in [1.807, 2.05) is 6.92 Å². The van der Waals surface area contributed by atoms with Gasteiger partial charge in [-0.15, -0.1) is 0 Å². The average Bonchev–Trinajstić information content (AvgIpc) is 2.37. The summed E-state index contributed by atoms with van der Waals surface area (Å²) in [6.45, 7) is 3.46. The lowest BCUT2D eigenvalue weighted by Crippen LogP contribution is -2.25. The van der Waals surface area contributed by atoms with Gasteiger partial charge in [-0.1, -0.05) is 32.6 Å². The van der Waals surface area contributed by atoms with E-state index < -0.39 is 5.31 Å². The zero-order valence-electron chi connectivity index (χ0n) is 7.39. The Morgan fingerprint density at radius 1 is 1.45 bits per heavy atom. The first-order valence-electron chi connectivity index (χ1n) is 4.35. The highest BCUT2D eigenvalue weighted by molar-refractivity contribution is 6.28. The van der Waals surface area contributed by atoms with E-state index in [0.717, 1.165) is 12.8 Å². The van der Waals surface area contributed by atoms with E-state index in [1.54, 1.807) is 6.92 Å². The van der Waals surface area contributed by atoms with Crippen LogP contribution < -0.4 is 0 Å². The van der Waals surface area contributed by atoms with Crippen molar-refractivity contribution in [2.45, 2.75) is 44.8 Å². The Kier molecular flexibility index (Phi) is 2.41. The molecule has 0 N–H and O–H groups in total. The third kappa shape index (κ3) is 1.66. The number of carbonyl (C=O) groups excluding carboxylic acids is 1. The molecule has 0 aromatic heterocycles. The first kappa shape index (κ1) is 8.83. The van der Waals surface area contributed by atoms with Gasteiger partial charge in [0.05, 0.1) is 7.85 Å². The van der Waals surface area contributed by atoms with Gasteiger partial charge < -0.3 is 4.79 Å². The lowest BCUT2D eigenvalue weighted by atomic mass is 9.59. The average molecular weight is 150 g/mol. The van der Waals surface area contributed by atoms with Gasteiger partial charge in [-0.2, -0.15) is 0 Å². The maximum absolute atomic E-state index is 11.1. The highest BCUT2D eigenvalue weighted by atomic mass is 16.1. The summed E-state index contributed by atoms with van der Waals surface area (Å²) < 4.78 is 0. The van der Waals surface area contributed by atoms with E-state index in [1.165, 1.54) is 12.8 Å². The van der Waals surface area contributed by atoms with Gasteiger partial charge in [-0.25, -0.2) is 0 Å². The van der Waals surface area contributed by atoms with Crippen LogP contribution in [-0.2, 0) is 4.79 Å². The molecule has 1 fully saturated rings. The van der Waals surface area contributed by atoms with Crippen molar-refractivity contribution < 1.29 is 4.79 Å². The van der Waals surface area contributed by atoms with Crippen molar-refractivity contribution in [3.63, 3.8) is 0 Å². The Hall–Kier alpha value is -0.265. The Labute approximate surface area is 70.0 Å². The molecule has 11 heavy (non-hydrogen) atoms. The van der Waals surface area contributed by atoms with Crippen LogP contribution in [0.5, 0.6) is 0 Å². The molecule has 1 aliphatic carbocycles. The van der Waals surface area contributed by atoms with Crippen LogP contribution in [0.4, 0.5) is 0 Å². The summed E-state index contributed by atoms with van der Waals surface area (Å²) in [6.07, 6.45) is 4.74. The molecular formula is C9H15BO. The van der Waals surface area contributed by atoms with E-state index in [9.17, 15) is 4.79 Å². The molecule has 1 unspecified atom stereocenters. The molecule has 1 rings (SSSR count). The molecule has 1 aliphatic rings. The minimum Gasteiger partial charge on any atom is -0.300 e. The molecule has 1 atom stereocenters. The molecule has 0 spiro atoms. The molecule has 1 nitrogen and oxygen atoms in total. The summed E-state index contributed by atoms with van der Waals surface area (Å²) >= 11 is 0. The molecule has 0 heterocycles. The highest BCUT2D eigenvalue weighted by Crippen LogP contribution is 2.43.